The number of imide groups is 1. The van der Waals surface area contributed by atoms with Gasteiger partial charge >= 0.3 is 6.03 Å². The van der Waals surface area contributed by atoms with Crippen molar-refractivity contribution in [3.05, 3.63) is 35.6 Å². The summed E-state index contributed by atoms with van der Waals surface area (Å²) in [6, 6.07) is 5.36. The summed E-state index contributed by atoms with van der Waals surface area (Å²) in [6.07, 6.45) is 4.10. The third kappa shape index (κ3) is 4.09. The highest BCUT2D eigenvalue weighted by molar-refractivity contribution is 6.09. The van der Waals surface area contributed by atoms with Gasteiger partial charge in [-0.1, -0.05) is 31.4 Å². The maximum Gasteiger partial charge on any atom is 0.325 e. The molecule has 0 radical (unpaired) electrons. The number of piperazine rings is 1. The van der Waals surface area contributed by atoms with Crippen LogP contribution in [0.25, 0.3) is 0 Å². The Morgan fingerprint density at radius 3 is 2.69 bits per heavy atom. The molecule has 1 aromatic carbocycles. The highest BCUT2D eigenvalue weighted by Gasteiger charge is 2.52. The number of hydrogen-bond donors (Lipinski definition) is 2. The van der Waals surface area contributed by atoms with Gasteiger partial charge in [0.15, 0.2) is 0 Å². The van der Waals surface area contributed by atoms with Gasteiger partial charge in [-0.15, -0.1) is 12.4 Å². The molecule has 0 bridgehead atoms. The Kier molecular flexibility index (Phi) is 6.43. The number of nitrogens with zero attached hydrogens (tertiary/aromatic N) is 2. The quantitative estimate of drug-likeness (QED) is 0.727. The SMILES string of the molecule is Cl.O=C1NC2(CCCCC2)C(=O)N1CC(=O)N1CCNCC1c1cccc(F)c1. The average Bonchev–Trinajstić information content (AvgIpc) is 2.92. The first-order valence-corrected chi connectivity index (χ1v) is 9.90. The van der Waals surface area contributed by atoms with Crippen molar-refractivity contribution in [2.75, 3.05) is 26.2 Å². The number of benzene rings is 1. The molecule has 1 spiro atoms. The maximum absolute atomic E-state index is 13.7. The van der Waals surface area contributed by atoms with E-state index in [2.05, 4.69) is 10.6 Å². The van der Waals surface area contributed by atoms with E-state index in [0.29, 0.717) is 38.0 Å². The Hall–Kier alpha value is -2.19. The molecule has 0 aromatic heterocycles. The van der Waals surface area contributed by atoms with Crippen LogP contribution in [0.4, 0.5) is 9.18 Å². The molecular weight excluding hydrogens is 399 g/mol. The summed E-state index contributed by atoms with van der Waals surface area (Å²) in [4.78, 5) is 41.1. The predicted molar refractivity (Wildman–Crippen MR) is 107 cm³/mol. The van der Waals surface area contributed by atoms with E-state index in [1.165, 1.54) is 12.1 Å². The smallest absolute Gasteiger partial charge is 0.325 e. The first-order valence-electron chi connectivity index (χ1n) is 9.90. The number of carbonyl (C=O) groups is 3. The van der Waals surface area contributed by atoms with Crippen LogP contribution in [0.1, 0.15) is 43.7 Å². The largest absolute Gasteiger partial charge is 0.332 e. The van der Waals surface area contributed by atoms with Gasteiger partial charge in [-0.2, -0.15) is 0 Å². The number of hydrogen-bond acceptors (Lipinski definition) is 4. The molecule has 1 unspecified atom stereocenters. The Balaban J connectivity index is 0.00000240. The van der Waals surface area contributed by atoms with E-state index in [9.17, 15) is 18.8 Å². The monoisotopic (exact) mass is 424 g/mol. The van der Waals surface area contributed by atoms with Crippen molar-refractivity contribution in [3.8, 4) is 0 Å². The first-order chi connectivity index (χ1) is 13.5. The minimum absolute atomic E-state index is 0. The maximum atomic E-state index is 13.7. The van der Waals surface area contributed by atoms with Crippen molar-refractivity contribution in [1.82, 2.24) is 20.4 Å². The first kappa shape index (κ1) is 21.5. The Bertz CT molecular complexity index is 800. The third-order valence-corrected chi connectivity index (χ3v) is 6.04. The summed E-state index contributed by atoms with van der Waals surface area (Å²) in [5, 5.41) is 6.05. The van der Waals surface area contributed by atoms with Crippen LogP contribution < -0.4 is 10.6 Å². The van der Waals surface area contributed by atoms with Gasteiger partial charge in [-0.3, -0.25) is 14.5 Å². The summed E-state index contributed by atoms with van der Waals surface area (Å²) < 4.78 is 13.7. The molecule has 1 aromatic rings. The van der Waals surface area contributed by atoms with Crippen molar-refractivity contribution in [3.63, 3.8) is 0 Å². The number of halogens is 2. The van der Waals surface area contributed by atoms with E-state index in [1.54, 1.807) is 17.0 Å². The summed E-state index contributed by atoms with van der Waals surface area (Å²) >= 11 is 0. The molecule has 7 nitrogen and oxygen atoms in total. The van der Waals surface area contributed by atoms with Crippen LogP contribution in [0.3, 0.4) is 0 Å². The number of rotatable bonds is 3. The lowest BCUT2D eigenvalue weighted by Crippen LogP contribution is -2.52. The van der Waals surface area contributed by atoms with Crippen LogP contribution in [0.15, 0.2) is 24.3 Å². The minimum Gasteiger partial charge on any atom is -0.332 e. The lowest BCUT2D eigenvalue weighted by molar-refractivity contribution is -0.141. The van der Waals surface area contributed by atoms with Crippen LogP contribution in [0.5, 0.6) is 0 Å². The molecule has 2 saturated heterocycles. The van der Waals surface area contributed by atoms with E-state index in [0.717, 1.165) is 24.2 Å². The molecule has 9 heteroatoms. The Morgan fingerprint density at radius 2 is 1.97 bits per heavy atom. The van der Waals surface area contributed by atoms with Crippen molar-refractivity contribution >= 4 is 30.3 Å². The molecule has 3 fully saturated rings. The van der Waals surface area contributed by atoms with Crippen molar-refractivity contribution in [1.29, 1.82) is 0 Å². The molecule has 1 aliphatic carbocycles. The van der Waals surface area contributed by atoms with Crippen molar-refractivity contribution in [2.24, 2.45) is 0 Å². The summed E-state index contributed by atoms with van der Waals surface area (Å²) in [7, 11) is 0. The van der Waals surface area contributed by atoms with Gasteiger partial charge in [-0.05, 0) is 30.5 Å². The van der Waals surface area contributed by atoms with Gasteiger partial charge in [0, 0.05) is 19.6 Å². The van der Waals surface area contributed by atoms with Crippen LogP contribution in [-0.4, -0.2) is 59.4 Å². The lowest BCUT2D eigenvalue weighted by Gasteiger charge is -2.37. The summed E-state index contributed by atoms with van der Waals surface area (Å²) in [6.45, 7) is 1.27. The second-order valence-corrected chi connectivity index (χ2v) is 7.83. The second-order valence-electron chi connectivity index (χ2n) is 7.83. The van der Waals surface area contributed by atoms with Gasteiger partial charge in [0.2, 0.25) is 5.91 Å². The summed E-state index contributed by atoms with van der Waals surface area (Å²) in [5.41, 5.74) is -0.136. The fraction of sp³-hybridized carbons (Fsp3) is 0.550. The summed E-state index contributed by atoms with van der Waals surface area (Å²) in [5.74, 6) is -0.945. The van der Waals surface area contributed by atoms with Gasteiger partial charge < -0.3 is 15.5 Å². The lowest BCUT2D eigenvalue weighted by atomic mass is 9.82. The van der Waals surface area contributed by atoms with Gasteiger partial charge in [-0.25, -0.2) is 9.18 Å². The zero-order valence-electron chi connectivity index (χ0n) is 16.2. The van der Waals surface area contributed by atoms with Gasteiger partial charge in [0.1, 0.15) is 17.9 Å². The highest BCUT2D eigenvalue weighted by atomic mass is 35.5. The van der Waals surface area contributed by atoms with Crippen molar-refractivity contribution in [2.45, 2.75) is 43.7 Å². The molecule has 1 atom stereocenters. The standard InChI is InChI=1S/C20H25FN4O3.ClH/c21-15-6-4-5-14(11-15)16-12-22-9-10-24(16)17(26)13-25-18(27)20(23-19(25)28)7-2-1-3-8-20;/h4-6,11,16,22H,1-3,7-10,12-13H2,(H,23,28);1H. The van der Waals surface area contributed by atoms with Crippen molar-refractivity contribution < 1.29 is 18.8 Å². The van der Waals surface area contributed by atoms with E-state index in [-0.39, 0.29) is 42.6 Å². The number of nitrogens with one attached hydrogen (secondary N) is 2. The number of carbonyl (C=O) groups excluding carboxylic acids is 3. The molecule has 4 rings (SSSR count). The molecule has 3 aliphatic rings. The van der Waals surface area contributed by atoms with Crippen LogP contribution in [0.2, 0.25) is 0 Å². The molecule has 4 amide bonds. The van der Waals surface area contributed by atoms with Gasteiger partial charge in [0.25, 0.3) is 5.91 Å². The molecular formula is C20H26ClFN4O3. The number of amides is 4. The topological polar surface area (TPSA) is 81.8 Å². The fourth-order valence-electron chi connectivity index (χ4n) is 4.55. The van der Waals surface area contributed by atoms with E-state index in [1.807, 2.05) is 0 Å². The zero-order valence-corrected chi connectivity index (χ0v) is 17.0. The normalized spacial score (nSPS) is 23.7. The average molecular weight is 425 g/mol. The minimum atomic E-state index is -0.832. The van der Waals surface area contributed by atoms with E-state index < -0.39 is 11.6 Å². The molecule has 2 heterocycles. The Labute approximate surface area is 175 Å². The molecule has 158 valence electrons. The van der Waals surface area contributed by atoms with Crippen LogP contribution in [-0.2, 0) is 9.59 Å². The predicted octanol–water partition coefficient (Wildman–Crippen LogP) is 1.98. The molecule has 2 N–H and O–H groups in total. The fourth-order valence-corrected chi connectivity index (χ4v) is 4.55. The second kappa shape index (κ2) is 8.67. The Morgan fingerprint density at radius 1 is 1.21 bits per heavy atom. The highest BCUT2D eigenvalue weighted by Crippen LogP contribution is 2.34. The van der Waals surface area contributed by atoms with E-state index in [4.69, 9.17) is 0 Å². The van der Waals surface area contributed by atoms with E-state index >= 15 is 0 Å². The third-order valence-electron chi connectivity index (χ3n) is 6.04. The van der Waals surface area contributed by atoms with Crippen LogP contribution >= 0.6 is 12.4 Å². The number of urea groups is 1. The molecule has 2 aliphatic heterocycles. The van der Waals surface area contributed by atoms with Gasteiger partial charge in [0.05, 0.1) is 6.04 Å². The molecule has 29 heavy (non-hydrogen) atoms. The molecule has 1 saturated carbocycles. The zero-order chi connectivity index (χ0) is 19.7. The van der Waals surface area contributed by atoms with Crippen LogP contribution in [0, 0.1) is 5.82 Å².